The van der Waals surface area contributed by atoms with Crippen LogP contribution < -0.4 is 10.6 Å². The number of hydrogen-bond acceptors (Lipinski definition) is 4. The van der Waals surface area contributed by atoms with Gasteiger partial charge in [0.2, 0.25) is 5.91 Å². The second kappa shape index (κ2) is 8.30. The summed E-state index contributed by atoms with van der Waals surface area (Å²) in [5, 5.41) is 14.2. The van der Waals surface area contributed by atoms with Gasteiger partial charge >= 0.3 is 12.1 Å². The van der Waals surface area contributed by atoms with Crippen molar-refractivity contribution >= 4 is 18.0 Å². The maximum atomic E-state index is 12.5. The Morgan fingerprint density at radius 1 is 0.938 bits per heavy atom. The van der Waals surface area contributed by atoms with Crippen molar-refractivity contribution in [3.63, 3.8) is 0 Å². The Bertz CT molecular complexity index is 1020. The second-order valence-corrected chi connectivity index (χ2v) is 9.02. The van der Waals surface area contributed by atoms with E-state index in [2.05, 4.69) is 34.9 Å². The number of hydrogen-bond donors (Lipinski definition) is 3. The molecule has 0 spiro atoms. The SMILES string of the molecule is O=C(O)CNC(=O)C1CC2CC(NC(=O)OCC3c4ccccc4-c4ccccc43)C2C1. The molecule has 2 amide bonds. The summed E-state index contributed by atoms with van der Waals surface area (Å²) in [4.78, 5) is 35.3. The highest BCUT2D eigenvalue weighted by Crippen LogP contribution is 2.50. The number of fused-ring (bicyclic) bond motifs is 4. The Kier molecular flexibility index (Phi) is 5.33. The number of carbonyl (C=O) groups is 3. The van der Waals surface area contributed by atoms with Crippen LogP contribution in [0.25, 0.3) is 11.1 Å². The minimum Gasteiger partial charge on any atom is -0.480 e. The fourth-order valence-corrected chi connectivity index (χ4v) is 5.70. The highest BCUT2D eigenvalue weighted by atomic mass is 16.5. The Labute approximate surface area is 186 Å². The van der Waals surface area contributed by atoms with Gasteiger partial charge in [0, 0.05) is 17.9 Å². The zero-order chi connectivity index (χ0) is 22.2. The first-order valence-electron chi connectivity index (χ1n) is 11.1. The molecule has 0 aromatic heterocycles. The zero-order valence-electron chi connectivity index (χ0n) is 17.6. The Morgan fingerprint density at radius 2 is 1.59 bits per heavy atom. The molecule has 7 heteroatoms. The van der Waals surface area contributed by atoms with Gasteiger partial charge < -0.3 is 20.5 Å². The molecule has 5 rings (SSSR count). The van der Waals surface area contributed by atoms with Crippen molar-refractivity contribution in [2.75, 3.05) is 13.2 Å². The highest BCUT2D eigenvalue weighted by molar-refractivity contribution is 5.83. The van der Waals surface area contributed by atoms with Crippen LogP contribution in [0.1, 0.15) is 36.3 Å². The molecular formula is C25H26N2O5. The Morgan fingerprint density at radius 3 is 2.25 bits per heavy atom. The highest BCUT2D eigenvalue weighted by Gasteiger charge is 2.50. The molecule has 0 aliphatic heterocycles. The van der Waals surface area contributed by atoms with Gasteiger partial charge in [-0.2, -0.15) is 0 Å². The van der Waals surface area contributed by atoms with Crippen molar-refractivity contribution < 1.29 is 24.2 Å². The molecule has 0 heterocycles. The van der Waals surface area contributed by atoms with Gasteiger partial charge in [-0.15, -0.1) is 0 Å². The van der Waals surface area contributed by atoms with Gasteiger partial charge in [0.05, 0.1) is 0 Å². The van der Waals surface area contributed by atoms with Gasteiger partial charge in [0.15, 0.2) is 0 Å². The van der Waals surface area contributed by atoms with Crippen LogP contribution in [0.15, 0.2) is 48.5 Å². The average Bonchev–Trinajstić information content (AvgIpc) is 3.29. The number of ether oxygens (including phenoxy) is 1. The summed E-state index contributed by atoms with van der Waals surface area (Å²) >= 11 is 0. The van der Waals surface area contributed by atoms with Crippen LogP contribution in [0, 0.1) is 17.8 Å². The molecule has 2 fully saturated rings. The molecule has 0 bridgehead atoms. The third-order valence-electron chi connectivity index (χ3n) is 7.25. The van der Waals surface area contributed by atoms with E-state index in [-0.39, 0.29) is 42.9 Å². The fourth-order valence-electron chi connectivity index (χ4n) is 5.70. The number of rotatable bonds is 6. The van der Waals surface area contributed by atoms with Crippen molar-refractivity contribution in [1.29, 1.82) is 0 Å². The second-order valence-electron chi connectivity index (χ2n) is 9.02. The van der Waals surface area contributed by atoms with Crippen molar-refractivity contribution in [3.8, 4) is 11.1 Å². The molecule has 7 nitrogen and oxygen atoms in total. The van der Waals surface area contributed by atoms with Gasteiger partial charge in [-0.05, 0) is 53.4 Å². The molecule has 166 valence electrons. The summed E-state index contributed by atoms with van der Waals surface area (Å²) in [5.41, 5.74) is 4.74. The summed E-state index contributed by atoms with van der Waals surface area (Å²) in [6.07, 6.45) is 1.83. The number of benzene rings is 2. The van der Waals surface area contributed by atoms with Crippen LogP contribution in [-0.4, -0.2) is 42.3 Å². The van der Waals surface area contributed by atoms with E-state index in [1.54, 1.807) is 0 Å². The molecule has 3 aliphatic rings. The lowest BCUT2D eigenvalue weighted by molar-refractivity contribution is -0.138. The van der Waals surface area contributed by atoms with Crippen molar-refractivity contribution in [1.82, 2.24) is 10.6 Å². The maximum Gasteiger partial charge on any atom is 0.407 e. The summed E-state index contributed by atoms with van der Waals surface area (Å²) in [5.74, 6) is -0.768. The van der Waals surface area contributed by atoms with E-state index >= 15 is 0 Å². The van der Waals surface area contributed by atoms with E-state index in [9.17, 15) is 14.4 Å². The van der Waals surface area contributed by atoms with E-state index in [1.165, 1.54) is 22.3 Å². The van der Waals surface area contributed by atoms with Crippen molar-refractivity contribution in [3.05, 3.63) is 59.7 Å². The lowest BCUT2D eigenvalue weighted by Crippen LogP contribution is -2.50. The maximum absolute atomic E-state index is 12.5. The topological polar surface area (TPSA) is 105 Å². The molecule has 4 atom stereocenters. The molecule has 2 aromatic carbocycles. The molecule has 32 heavy (non-hydrogen) atoms. The standard InChI is InChI=1S/C25H26N2O5/c28-23(29)12-26-24(30)15-9-14-11-22(20(14)10-15)27-25(31)32-13-21-18-7-3-1-5-16(18)17-6-2-4-8-19(17)21/h1-8,14-15,20-22H,9-13H2,(H,26,30)(H,27,31)(H,28,29). The van der Waals surface area contributed by atoms with Crippen LogP contribution in [0.3, 0.4) is 0 Å². The quantitative estimate of drug-likeness (QED) is 0.648. The van der Waals surface area contributed by atoms with E-state index in [0.29, 0.717) is 12.3 Å². The lowest BCUT2D eigenvalue weighted by Gasteiger charge is -2.40. The minimum absolute atomic E-state index is 0.00734. The number of carbonyl (C=O) groups excluding carboxylic acids is 2. The number of alkyl carbamates (subject to hydrolysis) is 1. The molecular weight excluding hydrogens is 408 g/mol. The van der Waals surface area contributed by atoms with Crippen molar-refractivity contribution in [2.24, 2.45) is 17.8 Å². The first-order valence-corrected chi connectivity index (χ1v) is 11.1. The Hall–Kier alpha value is -3.35. The van der Waals surface area contributed by atoms with Gasteiger partial charge in [-0.25, -0.2) is 4.79 Å². The number of aliphatic carboxylic acids is 1. The first kappa shape index (κ1) is 20.5. The summed E-state index contributed by atoms with van der Waals surface area (Å²) in [7, 11) is 0. The lowest BCUT2D eigenvalue weighted by atomic mass is 9.71. The predicted molar refractivity (Wildman–Crippen MR) is 117 cm³/mol. The van der Waals surface area contributed by atoms with E-state index in [0.717, 1.165) is 12.8 Å². The molecule has 3 aliphatic carbocycles. The number of carboxylic acid groups (broad SMARTS) is 1. The summed E-state index contributed by atoms with van der Waals surface area (Å²) < 4.78 is 5.64. The molecule has 2 saturated carbocycles. The smallest absolute Gasteiger partial charge is 0.407 e. The zero-order valence-corrected chi connectivity index (χ0v) is 17.6. The van der Waals surface area contributed by atoms with E-state index in [4.69, 9.17) is 9.84 Å². The molecule has 3 N–H and O–H groups in total. The number of amides is 2. The fraction of sp³-hybridized carbons (Fsp3) is 0.400. The minimum atomic E-state index is -1.05. The normalized spacial score (nSPS) is 25.1. The van der Waals surface area contributed by atoms with Crippen LogP contribution in [0.4, 0.5) is 4.79 Å². The molecule has 2 aromatic rings. The van der Waals surface area contributed by atoms with E-state index < -0.39 is 12.1 Å². The van der Waals surface area contributed by atoms with Gasteiger partial charge in [0.1, 0.15) is 13.2 Å². The monoisotopic (exact) mass is 434 g/mol. The van der Waals surface area contributed by atoms with Crippen LogP contribution >= 0.6 is 0 Å². The third kappa shape index (κ3) is 3.72. The number of nitrogens with one attached hydrogen (secondary N) is 2. The van der Waals surface area contributed by atoms with Crippen LogP contribution in [-0.2, 0) is 14.3 Å². The number of carboxylic acids is 1. The molecule has 0 radical (unpaired) electrons. The first-order chi connectivity index (χ1) is 15.5. The summed E-state index contributed by atoms with van der Waals surface area (Å²) in [6.45, 7) is -0.0764. The predicted octanol–water partition coefficient (Wildman–Crippen LogP) is 3.14. The van der Waals surface area contributed by atoms with E-state index in [1.807, 2.05) is 24.3 Å². The third-order valence-corrected chi connectivity index (χ3v) is 7.25. The Balaban J connectivity index is 1.15. The van der Waals surface area contributed by atoms with Gasteiger partial charge in [0.25, 0.3) is 0 Å². The van der Waals surface area contributed by atoms with Gasteiger partial charge in [-0.1, -0.05) is 48.5 Å². The molecule has 0 saturated heterocycles. The van der Waals surface area contributed by atoms with Crippen LogP contribution in [0.2, 0.25) is 0 Å². The van der Waals surface area contributed by atoms with Gasteiger partial charge in [-0.3, -0.25) is 9.59 Å². The summed E-state index contributed by atoms with van der Waals surface area (Å²) in [6, 6.07) is 16.5. The van der Waals surface area contributed by atoms with Crippen LogP contribution in [0.5, 0.6) is 0 Å². The largest absolute Gasteiger partial charge is 0.480 e. The van der Waals surface area contributed by atoms with Crippen molar-refractivity contribution in [2.45, 2.75) is 31.2 Å². The average molecular weight is 434 g/mol. The molecule has 4 unspecified atom stereocenters.